The molecule has 0 unspecified atom stereocenters. The third-order valence-corrected chi connectivity index (χ3v) is 7.52. The minimum atomic E-state index is -0.189. The first-order valence-electron chi connectivity index (χ1n) is 13.3. The van der Waals surface area contributed by atoms with Gasteiger partial charge in [0.25, 0.3) is 0 Å². The number of likely N-dealkylation sites (N-methyl/N-ethyl adjacent to an activating group) is 1. The summed E-state index contributed by atoms with van der Waals surface area (Å²) in [6.45, 7) is 8.54. The van der Waals surface area contributed by atoms with Crippen molar-refractivity contribution in [2.75, 3.05) is 45.1 Å². The fraction of sp³-hybridized carbons (Fsp3) is 0.593. The van der Waals surface area contributed by atoms with E-state index in [1.54, 1.807) is 0 Å². The molecule has 2 N–H and O–H groups in total. The zero-order valence-electron chi connectivity index (χ0n) is 21.2. The standard InChI is InChI=1S/C27H39N7O/c1-3-4-13-28-27-29-18-24-25(30-26(34(24)31-27)22-9-11-23(35)12-10-22)21-7-5-20(6-8-21)19-33-16-14-32(2)15-17-33/h5-8,18,22-23,35H,3-4,9-17,19H2,1-2H3,(H,28,31). The molecule has 8 heteroatoms. The van der Waals surface area contributed by atoms with Crippen LogP contribution in [0.15, 0.2) is 30.5 Å². The second-order valence-corrected chi connectivity index (χ2v) is 10.3. The van der Waals surface area contributed by atoms with Gasteiger partial charge in [-0.1, -0.05) is 37.6 Å². The molecular weight excluding hydrogens is 438 g/mol. The molecule has 1 aliphatic carbocycles. The van der Waals surface area contributed by atoms with Crippen molar-refractivity contribution in [3.8, 4) is 11.3 Å². The monoisotopic (exact) mass is 477 g/mol. The molecule has 0 radical (unpaired) electrons. The lowest BCUT2D eigenvalue weighted by molar-refractivity contribution is 0.121. The molecule has 35 heavy (non-hydrogen) atoms. The van der Waals surface area contributed by atoms with Gasteiger partial charge >= 0.3 is 0 Å². The predicted molar refractivity (Wildman–Crippen MR) is 140 cm³/mol. The van der Waals surface area contributed by atoms with Gasteiger partial charge in [-0.25, -0.2) is 14.5 Å². The van der Waals surface area contributed by atoms with Crippen LogP contribution < -0.4 is 5.32 Å². The average molecular weight is 478 g/mol. The highest BCUT2D eigenvalue weighted by Crippen LogP contribution is 2.35. The highest BCUT2D eigenvalue weighted by Gasteiger charge is 2.27. The Morgan fingerprint density at radius 1 is 1.03 bits per heavy atom. The Morgan fingerprint density at radius 2 is 1.77 bits per heavy atom. The van der Waals surface area contributed by atoms with Gasteiger partial charge in [0.1, 0.15) is 11.3 Å². The summed E-state index contributed by atoms with van der Waals surface area (Å²) in [5.74, 6) is 1.94. The molecule has 1 aromatic carbocycles. The summed E-state index contributed by atoms with van der Waals surface area (Å²) < 4.78 is 2.00. The molecule has 2 aromatic heterocycles. The van der Waals surface area contributed by atoms with Crippen molar-refractivity contribution >= 4 is 11.5 Å². The molecule has 188 valence electrons. The van der Waals surface area contributed by atoms with Gasteiger partial charge in [-0.3, -0.25) is 4.90 Å². The molecule has 5 rings (SSSR count). The number of aliphatic hydroxyl groups is 1. The van der Waals surface area contributed by atoms with E-state index in [4.69, 9.17) is 10.1 Å². The summed E-state index contributed by atoms with van der Waals surface area (Å²) in [6.07, 6.45) is 7.45. The van der Waals surface area contributed by atoms with Gasteiger partial charge in [0.05, 0.1) is 18.0 Å². The van der Waals surface area contributed by atoms with E-state index in [2.05, 4.69) is 58.3 Å². The lowest BCUT2D eigenvalue weighted by Gasteiger charge is -2.32. The van der Waals surface area contributed by atoms with E-state index >= 15 is 0 Å². The van der Waals surface area contributed by atoms with E-state index in [0.29, 0.717) is 11.9 Å². The second kappa shape index (κ2) is 11.0. The van der Waals surface area contributed by atoms with Gasteiger partial charge in [-0.05, 0) is 44.7 Å². The topological polar surface area (TPSA) is 81.8 Å². The number of benzene rings is 1. The molecular formula is C27H39N7O. The highest BCUT2D eigenvalue weighted by atomic mass is 16.3. The zero-order chi connectivity index (χ0) is 24.2. The number of piperazine rings is 1. The van der Waals surface area contributed by atoms with Gasteiger partial charge in [-0.2, -0.15) is 0 Å². The number of hydrogen-bond donors (Lipinski definition) is 2. The lowest BCUT2D eigenvalue weighted by Crippen LogP contribution is -2.43. The van der Waals surface area contributed by atoms with Gasteiger partial charge in [-0.15, -0.1) is 5.10 Å². The van der Waals surface area contributed by atoms with E-state index in [1.807, 2.05) is 10.7 Å². The molecule has 8 nitrogen and oxygen atoms in total. The summed E-state index contributed by atoms with van der Waals surface area (Å²) in [5.41, 5.74) is 4.32. The average Bonchev–Trinajstić information content (AvgIpc) is 3.25. The molecule has 0 bridgehead atoms. The Balaban J connectivity index is 1.41. The molecule has 3 heterocycles. The van der Waals surface area contributed by atoms with E-state index < -0.39 is 0 Å². The number of imidazole rings is 1. The Bertz CT molecular complexity index is 1100. The molecule has 0 spiro atoms. The Kier molecular flexibility index (Phi) is 7.60. The lowest BCUT2D eigenvalue weighted by atomic mass is 9.87. The van der Waals surface area contributed by atoms with Crippen LogP contribution in [-0.4, -0.2) is 80.4 Å². The van der Waals surface area contributed by atoms with Crippen molar-refractivity contribution in [3.05, 3.63) is 41.9 Å². The first-order valence-corrected chi connectivity index (χ1v) is 13.3. The molecule has 2 aliphatic rings. The molecule has 1 saturated carbocycles. The minimum absolute atomic E-state index is 0.189. The van der Waals surface area contributed by atoms with E-state index in [1.165, 1.54) is 5.56 Å². The van der Waals surface area contributed by atoms with Gasteiger partial charge in [0.15, 0.2) is 0 Å². The number of nitrogens with zero attached hydrogens (tertiary/aromatic N) is 6. The maximum atomic E-state index is 10.0. The molecule has 3 aromatic rings. The highest BCUT2D eigenvalue weighted by molar-refractivity contribution is 5.77. The zero-order valence-corrected chi connectivity index (χ0v) is 21.2. The summed E-state index contributed by atoms with van der Waals surface area (Å²) in [6, 6.07) is 8.85. The van der Waals surface area contributed by atoms with Crippen molar-refractivity contribution in [3.63, 3.8) is 0 Å². The van der Waals surface area contributed by atoms with Crippen molar-refractivity contribution in [1.29, 1.82) is 0 Å². The van der Waals surface area contributed by atoms with Crippen LogP contribution >= 0.6 is 0 Å². The normalized spacial score (nSPS) is 22.0. The number of aliphatic hydroxyl groups excluding tert-OH is 1. The van der Waals surface area contributed by atoms with Crippen LogP contribution in [0.4, 0.5) is 5.95 Å². The van der Waals surface area contributed by atoms with Gasteiger partial charge < -0.3 is 15.3 Å². The van der Waals surface area contributed by atoms with Gasteiger partial charge in [0, 0.05) is 50.7 Å². The Hall–Kier alpha value is -2.55. The number of unbranched alkanes of at least 4 members (excludes halogenated alkanes) is 1. The van der Waals surface area contributed by atoms with Crippen LogP contribution in [0.1, 0.15) is 62.8 Å². The fourth-order valence-corrected chi connectivity index (χ4v) is 5.21. The molecule has 1 aliphatic heterocycles. The summed E-state index contributed by atoms with van der Waals surface area (Å²) >= 11 is 0. The fourth-order valence-electron chi connectivity index (χ4n) is 5.21. The van der Waals surface area contributed by atoms with Crippen LogP contribution in [0.5, 0.6) is 0 Å². The first kappa shape index (κ1) is 24.2. The van der Waals surface area contributed by atoms with Crippen LogP contribution in [0, 0.1) is 0 Å². The van der Waals surface area contributed by atoms with Gasteiger partial charge in [0.2, 0.25) is 5.95 Å². The largest absolute Gasteiger partial charge is 0.393 e. The summed E-state index contributed by atoms with van der Waals surface area (Å²) in [4.78, 5) is 14.7. The molecule has 1 saturated heterocycles. The summed E-state index contributed by atoms with van der Waals surface area (Å²) in [5, 5.41) is 18.2. The van der Waals surface area contributed by atoms with Crippen LogP contribution in [0.25, 0.3) is 16.8 Å². The first-order chi connectivity index (χ1) is 17.1. The second-order valence-electron chi connectivity index (χ2n) is 10.3. The third-order valence-electron chi connectivity index (χ3n) is 7.52. The van der Waals surface area contributed by atoms with E-state index in [0.717, 1.165) is 100 Å². The SMILES string of the molecule is CCCCNc1ncc2c(-c3ccc(CN4CCN(C)CC4)cc3)nc(C3CCC(O)CC3)n2n1. The van der Waals surface area contributed by atoms with Crippen molar-refractivity contribution in [2.45, 2.75) is 64.0 Å². The Morgan fingerprint density at radius 3 is 2.49 bits per heavy atom. The van der Waals surface area contributed by atoms with Crippen molar-refractivity contribution in [2.24, 2.45) is 0 Å². The van der Waals surface area contributed by atoms with Crippen molar-refractivity contribution < 1.29 is 5.11 Å². The van der Waals surface area contributed by atoms with Crippen LogP contribution in [-0.2, 0) is 6.54 Å². The number of nitrogens with one attached hydrogen (secondary N) is 1. The molecule has 2 fully saturated rings. The number of hydrogen-bond acceptors (Lipinski definition) is 7. The molecule has 0 amide bonds. The van der Waals surface area contributed by atoms with Crippen LogP contribution in [0.3, 0.4) is 0 Å². The maximum absolute atomic E-state index is 10.0. The quantitative estimate of drug-likeness (QED) is 0.478. The third kappa shape index (κ3) is 5.66. The van der Waals surface area contributed by atoms with Crippen molar-refractivity contribution in [1.82, 2.24) is 29.4 Å². The number of fused-ring (bicyclic) bond motifs is 1. The van der Waals surface area contributed by atoms with E-state index in [-0.39, 0.29) is 6.10 Å². The van der Waals surface area contributed by atoms with Crippen LogP contribution in [0.2, 0.25) is 0 Å². The predicted octanol–water partition coefficient (Wildman–Crippen LogP) is 3.77. The number of anilines is 1. The number of aromatic nitrogens is 4. The minimum Gasteiger partial charge on any atom is -0.393 e. The maximum Gasteiger partial charge on any atom is 0.241 e. The number of rotatable bonds is 8. The summed E-state index contributed by atoms with van der Waals surface area (Å²) in [7, 11) is 2.19. The van der Waals surface area contributed by atoms with E-state index in [9.17, 15) is 5.11 Å². The smallest absolute Gasteiger partial charge is 0.241 e. The Labute approximate surface area is 208 Å². The molecule has 0 atom stereocenters.